The Bertz CT molecular complexity index is 888. The van der Waals surface area contributed by atoms with Gasteiger partial charge in [0.1, 0.15) is 6.61 Å². The van der Waals surface area contributed by atoms with Crippen LogP contribution in [0.15, 0.2) is 36.4 Å². The minimum Gasteiger partial charge on any atom is -0.486 e. The molecule has 2 aliphatic rings. The molecule has 0 spiro atoms. The van der Waals surface area contributed by atoms with E-state index in [9.17, 15) is 8.78 Å². The molecule has 4 atom stereocenters. The third kappa shape index (κ3) is 4.20. The molecule has 2 aromatic carbocycles. The van der Waals surface area contributed by atoms with Crippen LogP contribution in [-0.4, -0.2) is 6.61 Å². The lowest BCUT2D eigenvalue weighted by molar-refractivity contribution is 0.116. The summed E-state index contributed by atoms with van der Waals surface area (Å²) in [7, 11) is 0. The molecule has 2 fully saturated rings. The van der Waals surface area contributed by atoms with Gasteiger partial charge in [-0.1, -0.05) is 44.1 Å². The molecule has 2 aromatic rings. The van der Waals surface area contributed by atoms with Gasteiger partial charge in [-0.25, -0.2) is 4.39 Å². The maximum Gasteiger partial charge on any atom is 0.201 e. The summed E-state index contributed by atoms with van der Waals surface area (Å²) in [5, 5.41) is 1.07. The van der Waals surface area contributed by atoms with Crippen molar-refractivity contribution in [1.82, 2.24) is 0 Å². The Kier molecular flexibility index (Phi) is 6.22. The van der Waals surface area contributed by atoms with Crippen LogP contribution in [0, 0.1) is 29.4 Å². The highest BCUT2D eigenvalue weighted by molar-refractivity contribution is 5.85. The standard InChI is InChI=1S/C26H32F2O/c1-3-5-12-29-24-16-22-11-10-21(15-23(22)25(27)26(24)28)20-9-8-18-13-17(4-2)6-7-19(18)14-20/h3,5,10-11,15-20H,4,6-9,12-14H2,1-2H3/b5-3+. The minimum absolute atomic E-state index is 0.0194. The van der Waals surface area contributed by atoms with Gasteiger partial charge in [-0.05, 0) is 85.8 Å². The quantitative estimate of drug-likeness (QED) is 0.467. The minimum atomic E-state index is -0.888. The fourth-order valence-electron chi connectivity index (χ4n) is 5.57. The Morgan fingerprint density at radius 3 is 2.59 bits per heavy atom. The van der Waals surface area contributed by atoms with E-state index >= 15 is 0 Å². The lowest BCUT2D eigenvalue weighted by Gasteiger charge is -2.42. The molecule has 2 aliphatic carbocycles. The van der Waals surface area contributed by atoms with Gasteiger partial charge >= 0.3 is 0 Å². The van der Waals surface area contributed by atoms with Crippen molar-refractivity contribution in [1.29, 1.82) is 0 Å². The van der Waals surface area contributed by atoms with Crippen molar-refractivity contribution < 1.29 is 13.5 Å². The molecule has 2 saturated carbocycles. The summed E-state index contributed by atoms with van der Waals surface area (Å²) in [4.78, 5) is 0. The first kappa shape index (κ1) is 20.4. The van der Waals surface area contributed by atoms with Crippen molar-refractivity contribution >= 4 is 10.8 Å². The van der Waals surface area contributed by atoms with Gasteiger partial charge in [-0.15, -0.1) is 0 Å². The molecule has 156 valence electrons. The first-order chi connectivity index (χ1) is 14.1. The van der Waals surface area contributed by atoms with Gasteiger partial charge in [0.25, 0.3) is 0 Å². The van der Waals surface area contributed by atoms with E-state index in [0.717, 1.165) is 29.7 Å². The molecule has 0 radical (unpaired) electrons. The Balaban J connectivity index is 1.55. The maximum atomic E-state index is 14.8. The maximum absolute atomic E-state index is 14.8. The fraction of sp³-hybridized carbons (Fsp3) is 0.538. The predicted molar refractivity (Wildman–Crippen MR) is 115 cm³/mol. The zero-order chi connectivity index (χ0) is 20.4. The van der Waals surface area contributed by atoms with E-state index in [1.165, 1.54) is 38.5 Å². The zero-order valence-electron chi connectivity index (χ0n) is 17.6. The number of benzene rings is 2. The van der Waals surface area contributed by atoms with Crippen LogP contribution in [0.2, 0.25) is 0 Å². The molecular weight excluding hydrogens is 366 g/mol. The van der Waals surface area contributed by atoms with Crippen LogP contribution in [0.5, 0.6) is 5.75 Å². The number of hydrogen-bond donors (Lipinski definition) is 0. The van der Waals surface area contributed by atoms with Gasteiger partial charge in [0.2, 0.25) is 5.82 Å². The first-order valence-corrected chi connectivity index (χ1v) is 11.3. The highest BCUT2D eigenvalue weighted by Gasteiger charge is 2.35. The molecule has 0 amide bonds. The van der Waals surface area contributed by atoms with E-state index in [0.29, 0.717) is 16.7 Å². The van der Waals surface area contributed by atoms with Crippen LogP contribution in [-0.2, 0) is 0 Å². The number of allylic oxidation sites excluding steroid dienone is 1. The fourth-order valence-corrected chi connectivity index (χ4v) is 5.57. The van der Waals surface area contributed by atoms with Crippen LogP contribution in [0.3, 0.4) is 0 Å². The average molecular weight is 399 g/mol. The SMILES string of the molecule is C/C=C/COc1cc2ccc(C3CCC4CC(CC)CCC4C3)cc2c(F)c1F. The second-order valence-corrected chi connectivity index (χ2v) is 8.98. The lowest BCUT2D eigenvalue weighted by atomic mass is 9.63. The highest BCUT2D eigenvalue weighted by atomic mass is 19.2. The normalized spacial score (nSPS) is 27.3. The number of rotatable bonds is 5. The second-order valence-electron chi connectivity index (χ2n) is 8.98. The largest absolute Gasteiger partial charge is 0.486 e. The summed E-state index contributed by atoms with van der Waals surface area (Å²) >= 11 is 0. The summed E-state index contributed by atoms with van der Waals surface area (Å²) in [6, 6.07) is 7.53. The Morgan fingerprint density at radius 2 is 1.79 bits per heavy atom. The number of hydrogen-bond acceptors (Lipinski definition) is 1. The smallest absolute Gasteiger partial charge is 0.201 e. The van der Waals surface area contributed by atoms with Crippen molar-refractivity contribution in [2.45, 2.75) is 64.7 Å². The molecule has 0 saturated heterocycles. The molecule has 0 heterocycles. The molecular formula is C26H32F2O. The van der Waals surface area contributed by atoms with E-state index in [2.05, 4.69) is 13.0 Å². The molecule has 3 heteroatoms. The lowest BCUT2D eigenvalue weighted by Crippen LogP contribution is -2.30. The van der Waals surface area contributed by atoms with Gasteiger partial charge in [-0.3, -0.25) is 0 Å². The van der Waals surface area contributed by atoms with Crippen LogP contribution in [0.1, 0.15) is 70.3 Å². The van der Waals surface area contributed by atoms with Crippen molar-refractivity contribution in [2.75, 3.05) is 6.61 Å². The van der Waals surface area contributed by atoms with Crippen LogP contribution in [0.4, 0.5) is 8.78 Å². The molecule has 0 bridgehead atoms. The number of ether oxygens (including phenoxy) is 1. The van der Waals surface area contributed by atoms with Gasteiger partial charge in [0.05, 0.1) is 0 Å². The van der Waals surface area contributed by atoms with Gasteiger partial charge in [-0.2, -0.15) is 4.39 Å². The summed E-state index contributed by atoms with van der Waals surface area (Å²) < 4.78 is 34.7. The topological polar surface area (TPSA) is 9.23 Å². The molecule has 4 rings (SSSR count). The van der Waals surface area contributed by atoms with Crippen molar-refractivity contribution in [3.63, 3.8) is 0 Å². The number of halogens is 2. The number of fused-ring (bicyclic) bond motifs is 2. The molecule has 29 heavy (non-hydrogen) atoms. The predicted octanol–water partition coefficient (Wildman–Crippen LogP) is 7.78. The van der Waals surface area contributed by atoms with Gasteiger partial charge in [0.15, 0.2) is 11.6 Å². The molecule has 4 unspecified atom stereocenters. The van der Waals surface area contributed by atoms with Crippen molar-refractivity contribution in [3.8, 4) is 5.75 Å². The monoisotopic (exact) mass is 398 g/mol. The van der Waals surface area contributed by atoms with Crippen LogP contribution < -0.4 is 4.74 Å². The molecule has 0 aliphatic heterocycles. The van der Waals surface area contributed by atoms with Gasteiger partial charge < -0.3 is 4.74 Å². The molecule has 1 nitrogen and oxygen atoms in total. The highest BCUT2D eigenvalue weighted by Crippen LogP contribution is 2.48. The van der Waals surface area contributed by atoms with E-state index in [4.69, 9.17) is 4.74 Å². The van der Waals surface area contributed by atoms with Crippen LogP contribution >= 0.6 is 0 Å². The molecule has 0 aromatic heterocycles. The van der Waals surface area contributed by atoms with E-state index in [-0.39, 0.29) is 12.4 Å². The first-order valence-electron chi connectivity index (χ1n) is 11.3. The second kappa shape index (κ2) is 8.85. The van der Waals surface area contributed by atoms with E-state index in [1.807, 2.05) is 25.1 Å². The van der Waals surface area contributed by atoms with Gasteiger partial charge in [0, 0.05) is 5.39 Å². The van der Waals surface area contributed by atoms with E-state index in [1.54, 1.807) is 12.1 Å². The van der Waals surface area contributed by atoms with Crippen LogP contribution in [0.25, 0.3) is 10.8 Å². The Morgan fingerprint density at radius 1 is 1.00 bits per heavy atom. The van der Waals surface area contributed by atoms with Crippen molar-refractivity contribution in [2.24, 2.45) is 17.8 Å². The summed E-state index contributed by atoms with van der Waals surface area (Å²) in [5.74, 6) is 1.35. The third-order valence-electron chi connectivity index (χ3n) is 7.35. The Labute approximate surface area is 173 Å². The Hall–Kier alpha value is -1.90. The average Bonchev–Trinajstić information content (AvgIpc) is 2.76. The summed E-state index contributed by atoms with van der Waals surface area (Å²) in [5.41, 5.74) is 1.16. The zero-order valence-corrected chi connectivity index (χ0v) is 17.6. The van der Waals surface area contributed by atoms with Crippen molar-refractivity contribution in [3.05, 3.63) is 53.6 Å². The summed E-state index contributed by atoms with van der Waals surface area (Å²) in [6.45, 7) is 4.42. The summed E-state index contributed by atoms with van der Waals surface area (Å²) in [6.07, 6.45) is 12.6. The molecule has 0 N–H and O–H groups in total. The third-order valence-corrected chi connectivity index (χ3v) is 7.35. The van der Waals surface area contributed by atoms with E-state index < -0.39 is 11.6 Å².